The van der Waals surface area contributed by atoms with Gasteiger partial charge in [0.15, 0.2) is 0 Å². The number of non-ortho nitro benzene ring substituents is 1. The number of rotatable bonds is 7. The molecule has 6 nitrogen and oxygen atoms in total. The van der Waals surface area contributed by atoms with Crippen LogP contribution in [0.25, 0.3) is 0 Å². The standard InChI is InChI=1S/C18H29BN2O4/c1-7-9-13(8-2)20-16-11-10-14(21(22)23)12-15(16)19-24-17(3,4)18(5,6)25-19/h10-13,20H,7-9H2,1-6H3. The number of anilines is 1. The highest BCUT2D eigenvalue weighted by molar-refractivity contribution is 6.64. The van der Waals surface area contributed by atoms with Gasteiger partial charge in [-0.2, -0.15) is 0 Å². The Labute approximate surface area is 150 Å². The molecule has 0 saturated carbocycles. The average molecular weight is 348 g/mol. The Morgan fingerprint density at radius 3 is 2.28 bits per heavy atom. The molecule has 1 atom stereocenters. The molecule has 0 spiro atoms. The van der Waals surface area contributed by atoms with Gasteiger partial charge in [0.1, 0.15) is 0 Å². The second-order valence-corrected chi connectivity index (χ2v) is 7.66. The molecule has 1 unspecified atom stereocenters. The van der Waals surface area contributed by atoms with Gasteiger partial charge < -0.3 is 14.6 Å². The van der Waals surface area contributed by atoms with Gasteiger partial charge in [-0.25, -0.2) is 0 Å². The zero-order valence-electron chi connectivity index (χ0n) is 16.1. The first-order chi connectivity index (χ1) is 11.6. The summed E-state index contributed by atoms with van der Waals surface area (Å²) in [5.41, 5.74) is 0.575. The van der Waals surface area contributed by atoms with Crippen LogP contribution in [0.4, 0.5) is 11.4 Å². The average Bonchev–Trinajstić information content (AvgIpc) is 2.74. The minimum absolute atomic E-state index is 0.0406. The third-order valence-corrected chi connectivity index (χ3v) is 5.24. The number of hydrogen-bond donors (Lipinski definition) is 1. The quantitative estimate of drug-likeness (QED) is 0.460. The van der Waals surface area contributed by atoms with E-state index in [9.17, 15) is 10.1 Å². The van der Waals surface area contributed by atoms with Crippen molar-refractivity contribution in [2.45, 2.75) is 78.0 Å². The molecule has 1 saturated heterocycles. The highest BCUT2D eigenvalue weighted by Gasteiger charge is 2.52. The Morgan fingerprint density at radius 1 is 1.20 bits per heavy atom. The van der Waals surface area contributed by atoms with Crippen LogP contribution in [0.5, 0.6) is 0 Å². The van der Waals surface area contributed by atoms with E-state index < -0.39 is 18.3 Å². The van der Waals surface area contributed by atoms with Gasteiger partial charge in [0.25, 0.3) is 5.69 Å². The Balaban J connectivity index is 2.40. The smallest absolute Gasteiger partial charge is 0.399 e. The number of nitro benzene ring substituents is 1. The van der Waals surface area contributed by atoms with E-state index >= 15 is 0 Å². The van der Waals surface area contributed by atoms with Crippen molar-refractivity contribution >= 4 is 24.0 Å². The Morgan fingerprint density at radius 2 is 1.80 bits per heavy atom. The lowest BCUT2D eigenvalue weighted by atomic mass is 9.77. The molecule has 1 aliphatic heterocycles. The molecule has 25 heavy (non-hydrogen) atoms. The van der Waals surface area contributed by atoms with E-state index in [0.717, 1.165) is 24.9 Å². The molecule has 0 aliphatic carbocycles. The van der Waals surface area contributed by atoms with E-state index in [1.54, 1.807) is 12.1 Å². The summed E-state index contributed by atoms with van der Waals surface area (Å²) in [4.78, 5) is 10.8. The minimum Gasteiger partial charge on any atom is -0.399 e. The lowest BCUT2D eigenvalue weighted by molar-refractivity contribution is -0.384. The monoisotopic (exact) mass is 348 g/mol. The first kappa shape index (κ1) is 19.7. The van der Waals surface area contributed by atoms with Crippen LogP contribution in [0, 0.1) is 10.1 Å². The van der Waals surface area contributed by atoms with Gasteiger partial charge in [-0.3, -0.25) is 10.1 Å². The molecule has 0 amide bonds. The highest BCUT2D eigenvalue weighted by Crippen LogP contribution is 2.37. The maximum atomic E-state index is 11.2. The summed E-state index contributed by atoms with van der Waals surface area (Å²) in [6.45, 7) is 12.2. The number of nitrogens with one attached hydrogen (secondary N) is 1. The number of benzene rings is 1. The molecule has 2 rings (SSSR count). The van der Waals surface area contributed by atoms with Crippen molar-refractivity contribution in [2.75, 3.05) is 5.32 Å². The molecular weight excluding hydrogens is 319 g/mol. The van der Waals surface area contributed by atoms with Gasteiger partial charge in [-0.05, 0) is 46.6 Å². The van der Waals surface area contributed by atoms with Gasteiger partial charge in [-0.1, -0.05) is 20.3 Å². The SMILES string of the molecule is CCCC(CC)Nc1ccc([N+](=O)[O-])cc1B1OC(C)(C)C(C)(C)O1. The van der Waals surface area contributed by atoms with Crippen molar-refractivity contribution in [2.24, 2.45) is 0 Å². The Bertz CT molecular complexity index is 618. The van der Waals surface area contributed by atoms with E-state index in [0.29, 0.717) is 11.5 Å². The number of nitrogens with zero attached hydrogens (tertiary/aromatic N) is 1. The first-order valence-corrected chi connectivity index (χ1v) is 9.01. The third kappa shape index (κ3) is 4.15. The van der Waals surface area contributed by atoms with Crippen molar-refractivity contribution in [1.29, 1.82) is 0 Å². The van der Waals surface area contributed by atoms with E-state index in [2.05, 4.69) is 19.2 Å². The number of hydrogen-bond acceptors (Lipinski definition) is 5. The van der Waals surface area contributed by atoms with Crippen molar-refractivity contribution in [3.05, 3.63) is 28.3 Å². The lowest BCUT2D eigenvalue weighted by Crippen LogP contribution is -2.41. The van der Waals surface area contributed by atoms with Crippen molar-refractivity contribution in [3.8, 4) is 0 Å². The third-order valence-electron chi connectivity index (χ3n) is 5.24. The molecule has 138 valence electrons. The van der Waals surface area contributed by atoms with Gasteiger partial charge in [0.2, 0.25) is 0 Å². The summed E-state index contributed by atoms with van der Waals surface area (Å²) in [6, 6.07) is 5.16. The predicted octanol–water partition coefficient (Wildman–Crippen LogP) is 3.88. The summed E-state index contributed by atoms with van der Waals surface area (Å²) < 4.78 is 12.2. The molecule has 1 aliphatic rings. The summed E-state index contributed by atoms with van der Waals surface area (Å²) in [6.07, 6.45) is 3.09. The maximum absolute atomic E-state index is 11.2. The van der Waals surface area contributed by atoms with Crippen LogP contribution in [-0.4, -0.2) is 29.3 Å². The van der Waals surface area contributed by atoms with E-state index in [1.807, 2.05) is 27.7 Å². The molecule has 7 heteroatoms. The van der Waals surface area contributed by atoms with Crippen molar-refractivity contribution in [1.82, 2.24) is 0 Å². The Hall–Kier alpha value is -1.60. The van der Waals surface area contributed by atoms with Crippen molar-refractivity contribution in [3.63, 3.8) is 0 Å². The van der Waals surface area contributed by atoms with Crippen LogP contribution in [0.2, 0.25) is 0 Å². The van der Waals surface area contributed by atoms with Crippen LogP contribution >= 0.6 is 0 Å². The fraction of sp³-hybridized carbons (Fsp3) is 0.667. The van der Waals surface area contributed by atoms with Crippen LogP contribution in [0.1, 0.15) is 60.8 Å². The topological polar surface area (TPSA) is 73.6 Å². The largest absolute Gasteiger partial charge is 0.497 e. The normalized spacial score (nSPS) is 19.7. The maximum Gasteiger partial charge on any atom is 0.497 e. The van der Waals surface area contributed by atoms with E-state index in [4.69, 9.17) is 9.31 Å². The molecular formula is C18H29BN2O4. The summed E-state index contributed by atoms with van der Waals surface area (Å²) in [5.74, 6) is 0. The van der Waals surface area contributed by atoms with Crippen molar-refractivity contribution < 1.29 is 14.2 Å². The predicted molar refractivity (Wildman–Crippen MR) is 101 cm³/mol. The van der Waals surface area contributed by atoms with E-state index in [1.165, 1.54) is 6.07 Å². The summed E-state index contributed by atoms with van der Waals surface area (Å²) in [5, 5.41) is 14.7. The molecule has 1 aromatic carbocycles. The number of nitro groups is 1. The minimum atomic E-state index is -0.633. The Kier molecular flexibility index (Phi) is 5.79. The fourth-order valence-electron chi connectivity index (χ4n) is 2.91. The van der Waals surface area contributed by atoms with Crippen LogP contribution < -0.4 is 10.8 Å². The molecule has 0 radical (unpaired) electrons. The molecule has 0 aromatic heterocycles. The van der Waals surface area contributed by atoms with Crippen LogP contribution in [-0.2, 0) is 9.31 Å². The lowest BCUT2D eigenvalue weighted by Gasteiger charge is -2.32. The summed E-state index contributed by atoms with van der Waals surface area (Å²) in [7, 11) is -0.633. The second-order valence-electron chi connectivity index (χ2n) is 7.66. The van der Waals surface area contributed by atoms with Gasteiger partial charge in [-0.15, -0.1) is 0 Å². The van der Waals surface area contributed by atoms with Gasteiger partial charge in [0, 0.05) is 29.3 Å². The molecule has 1 aromatic rings. The first-order valence-electron chi connectivity index (χ1n) is 9.01. The second kappa shape index (κ2) is 7.34. The van der Waals surface area contributed by atoms with Gasteiger partial charge >= 0.3 is 7.12 Å². The molecule has 1 heterocycles. The zero-order valence-corrected chi connectivity index (χ0v) is 16.1. The highest BCUT2D eigenvalue weighted by atomic mass is 16.7. The van der Waals surface area contributed by atoms with Gasteiger partial charge in [0.05, 0.1) is 16.1 Å². The summed E-state index contributed by atoms with van der Waals surface area (Å²) >= 11 is 0. The van der Waals surface area contributed by atoms with Crippen LogP contribution in [0.3, 0.4) is 0 Å². The fourth-order valence-corrected chi connectivity index (χ4v) is 2.91. The van der Waals surface area contributed by atoms with Crippen LogP contribution in [0.15, 0.2) is 18.2 Å². The molecule has 1 fully saturated rings. The molecule has 0 bridgehead atoms. The molecule has 1 N–H and O–H groups in total. The zero-order chi connectivity index (χ0) is 18.8. The van der Waals surface area contributed by atoms with E-state index in [-0.39, 0.29) is 10.6 Å².